The molecule has 0 aliphatic heterocycles. The van der Waals surface area contributed by atoms with Crippen LogP contribution in [0.2, 0.25) is 0 Å². The molecule has 7 heteroatoms. The van der Waals surface area contributed by atoms with Crippen molar-refractivity contribution in [3.63, 3.8) is 0 Å². The molecule has 19 heavy (non-hydrogen) atoms. The second kappa shape index (κ2) is 5.42. The minimum absolute atomic E-state index is 0.0383. The minimum atomic E-state index is -3.47. The summed E-state index contributed by atoms with van der Waals surface area (Å²) in [7, 11) is -3.47. The van der Waals surface area contributed by atoms with Crippen LogP contribution in [-0.2, 0) is 10.0 Å². The van der Waals surface area contributed by atoms with Crippen LogP contribution >= 0.6 is 12.2 Å². The number of thiocarbonyl (C=S) groups is 1. The summed E-state index contributed by atoms with van der Waals surface area (Å²) in [5.41, 5.74) is 5.93. The van der Waals surface area contributed by atoms with Gasteiger partial charge in [-0.1, -0.05) is 25.1 Å². The maximum Gasteiger partial charge on any atom is 0.235 e. The second-order valence-corrected chi connectivity index (χ2v) is 7.01. The van der Waals surface area contributed by atoms with Gasteiger partial charge in [-0.25, -0.2) is 12.8 Å². The van der Waals surface area contributed by atoms with Crippen LogP contribution in [0.3, 0.4) is 0 Å². The van der Waals surface area contributed by atoms with Crippen LogP contribution in [0.4, 0.5) is 10.1 Å². The Morgan fingerprint density at radius 1 is 1.37 bits per heavy atom. The third-order valence-electron chi connectivity index (χ3n) is 3.24. The van der Waals surface area contributed by atoms with Gasteiger partial charge >= 0.3 is 0 Å². The van der Waals surface area contributed by atoms with E-state index >= 15 is 0 Å². The molecule has 0 atom stereocenters. The molecular formula is C12H15FN2O2S2. The van der Waals surface area contributed by atoms with Crippen molar-refractivity contribution in [2.45, 2.75) is 30.9 Å². The van der Waals surface area contributed by atoms with Crippen molar-refractivity contribution in [3.05, 3.63) is 29.6 Å². The van der Waals surface area contributed by atoms with E-state index in [2.05, 4.69) is 4.72 Å². The molecule has 0 heterocycles. The molecule has 1 aliphatic carbocycles. The molecule has 1 fully saturated rings. The Labute approximate surface area is 117 Å². The number of anilines is 1. The lowest BCUT2D eigenvalue weighted by molar-refractivity contribution is 0.585. The average Bonchev–Trinajstić information content (AvgIpc) is 2.85. The number of halogens is 1. The SMILES string of the molecule is NC(=S)c1cc(F)ccc1NS(=O)(=O)C1CCCC1. The predicted octanol–water partition coefficient (Wildman–Crippen LogP) is 2.14. The van der Waals surface area contributed by atoms with Crippen LogP contribution in [0, 0.1) is 5.82 Å². The fourth-order valence-corrected chi connectivity index (χ4v) is 4.02. The van der Waals surface area contributed by atoms with Gasteiger partial charge in [0.1, 0.15) is 10.8 Å². The monoisotopic (exact) mass is 302 g/mol. The number of nitrogens with one attached hydrogen (secondary N) is 1. The topological polar surface area (TPSA) is 72.2 Å². The molecule has 0 radical (unpaired) electrons. The molecular weight excluding hydrogens is 287 g/mol. The standard InChI is InChI=1S/C12H15FN2O2S2/c13-8-5-6-11(10(7-8)12(14)18)15-19(16,17)9-3-1-2-4-9/h5-7,9,15H,1-4H2,(H2,14,18). The van der Waals surface area contributed by atoms with Crippen molar-refractivity contribution >= 4 is 32.9 Å². The largest absolute Gasteiger partial charge is 0.389 e. The summed E-state index contributed by atoms with van der Waals surface area (Å²) in [5, 5.41) is -0.392. The predicted molar refractivity (Wildman–Crippen MR) is 77.1 cm³/mol. The van der Waals surface area contributed by atoms with Gasteiger partial charge in [0.15, 0.2) is 0 Å². The Morgan fingerprint density at radius 2 is 2.00 bits per heavy atom. The highest BCUT2D eigenvalue weighted by Crippen LogP contribution is 2.27. The van der Waals surface area contributed by atoms with Crippen molar-refractivity contribution in [2.75, 3.05) is 4.72 Å². The summed E-state index contributed by atoms with van der Waals surface area (Å²) in [5.74, 6) is -0.508. The van der Waals surface area contributed by atoms with E-state index in [9.17, 15) is 12.8 Å². The second-order valence-electron chi connectivity index (χ2n) is 4.61. The molecule has 0 spiro atoms. The highest BCUT2D eigenvalue weighted by Gasteiger charge is 2.29. The van der Waals surface area contributed by atoms with E-state index in [4.69, 9.17) is 18.0 Å². The third-order valence-corrected chi connectivity index (χ3v) is 5.31. The summed E-state index contributed by atoms with van der Waals surface area (Å²) in [6.07, 6.45) is 3.13. The van der Waals surface area contributed by atoms with Crippen molar-refractivity contribution in [2.24, 2.45) is 5.73 Å². The molecule has 1 aromatic carbocycles. The number of hydrogen-bond donors (Lipinski definition) is 2. The van der Waals surface area contributed by atoms with Gasteiger partial charge in [-0.3, -0.25) is 4.72 Å². The Hall–Kier alpha value is -1.21. The average molecular weight is 302 g/mol. The fourth-order valence-electron chi connectivity index (χ4n) is 2.24. The molecule has 4 nitrogen and oxygen atoms in total. The zero-order chi connectivity index (χ0) is 14.0. The highest BCUT2D eigenvalue weighted by molar-refractivity contribution is 7.93. The van der Waals surface area contributed by atoms with Crippen molar-refractivity contribution < 1.29 is 12.8 Å². The number of sulfonamides is 1. The van der Waals surface area contributed by atoms with Gasteiger partial charge in [0.25, 0.3) is 0 Å². The molecule has 0 aromatic heterocycles. The van der Waals surface area contributed by atoms with E-state index in [0.717, 1.165) is 18.9 Å². The maximum absolute atomic E-state index is 13.1. The van der Waals surface area contributed by atoms with Crippen LogP contribution in [0.25, 0.3) is 0 Å². The number of hydrogen-bond acceptors (Lipinski definition) is 3. The molecule has 0 bridgehead atoms. The lowest BCUT2D eigenvalue weighted by atomic mass is 10.2. The first kappa shape index (κ1) is 14.2. The molecule has 1 saturated carbocycles. The number of benzene rings is 1. The number of rotatable bonds is 4. The zero-order valence-electron chi connectivity index (χ0n) is 10.2. The van der Waals surface area contributed by atoms with Crippen molar-refractivity contribution in [1.82, 2.24) is 0 Å². The summed E-state index contributed by atoms with van der Waals surface area (Å²) in [6.45, 7) is 0. The van der Waals surface area contributed by atoms with Gasteiger partial charge in [-0.2, -0.15) is 0 Å². The van der Waals surface area contributed by atoms with Gasteiger partial charge in [0.05, 0.1) is 10.9 Å². The van der Waals surface area contributed by atoms with E-state index in [1.165, 1.54) is 12.1 Å². The van der Waals surface area contributed by atoms with Gasteiger partial charge in [-0.15, -0.1) is 0 Å². The first-order chi connectivity index (χ1) is 8.90. The Kier molecular flexibility index (Phi) is 4.05. The Bertz CT molecular complexity index is 596. The van der Waals surface area contributed by atoms with Crippen LogP contribution in [0.15, 0.2) is 18.2 Å². The first-order valence-electron chi connectivity index (χ1n) is 6.01. The molecule has 0 saturated heterocycles. The minimum Gasteiger partial charge on any atom is -0.389 e. The summed E-state index contributed by atoms with van der Waals surface area (Å²) in [6, 6.07) is 3.65. The summed E-state index contributed by atoms with van der Waals surface area (Å²) < 4.78 is 40.0. The number of nitrogens with two attached hydrogens (primary N) is 1. The quantitative estimate of drug-likeness (QED) is 0.836. The van der Waals surface area contributed by atoms with Gasteiger partial charge in [-0.05, 0) is 31.0 Å². The first-order valence-corrected chi connectivity index (χ1v) is 7.96. The van der Waals surface area contributed by atoms with Crippen LogP contribution in [0.1, 0.15) is 31.2 Å². The molecule has 3 N–H and O–H groups in total. The third kappa shape index (κ3) is 3.22. The van der Waals surface area contributed by atoms with Crippen LogP contribution in [-0.4, -0.2) is 18.7 Å². The highest BCUT2D eigenvalue weighted by atomic mass is 32.2. The molecule has 0 amide bonds. The van der Waals surface area contributed by atoms with E-state index in [0.29, 0.717) is 12.8 Å². The normalized spacial score (nSPS) is 16.5. The lowest BCUT2D eigenvalue weighted by Crippen LogP contribution is -2.26. The van der Waals surface area contributed by atoms with Crippen LogP contribution < -0.4 is 10.5 Å². The molecule has 104 valence electrons. The Balaban J connectivity index is 2.30. The van der Waals surface area contributed by atoms with Crippen molar-refractivity contribution in [1.29, 1.82) is 0 Å². The summed E-state index contributed by atoms with van der Waals surface area (Å²) >= 11 is 4.81. The van der Waals surface area contributed by atoms with Gasteiger partial charge < -0.3 is 5.73 Å². The lowest BCUT2D eigenvalue weighted by Gasteiger charge is -2.15. The van der Waals surface area contributed by atoms with Gasteiger partial charge in [0.2, 0.25) is 10.0 Å². The fraction of sp³-hybridized carbons (Fsp3) is 0.417. The summed E-state index contributed by atoms with van der Waals surface area (Å²) in [4.78, 5) is -0.0383. The molecule has 1 aromatic rings. The van der Waals surface area contributed by atoms with Crippen molar-refractivity contribution in [3.8, 4) is 0 Å². The van der Waals surface area contributed by atoms with E-state index in [1.807, 2.05) is 0 Å². The molecule has 2 rings (SSSR count). The maximum atomic E-state index is 13.1. The van der Waals surface area contributed by atoms with E-state index < -0.39 is 21.1 Å². The van der Waals surface area contributed by atoms with Gasteiger partial charge in [0, 0.05) is 5.56 Å². The van der Waals surface area contributed by atoms with E-state index in [1.54, 1.807) is 0 Å². The van der Waals surface area contributed by atoms with Crippen LogP contribution in [0.5, 0.6) is 0 Å². The molecule has 0 unspecified atom stereocenters. The smallest absolute Gasteiger partial charge is 0.235 e. The molecule has 1 aliphatic rings. The van der Waals surface area contributed by atoms with E-state index in [-0.39, 0.29) is 16.2 Å². The zero-order valence-corrected chi connectivity index (χ0v) is 11.9. The Morgan fingerprint density at radius 3 is 2.58 bits per heavy atom.